The highest BCUT2D eigenvalue weighted by molar-refractivity contribution is 4.87. The number of rotatable bonds is 4. The number of piperidine rings is 1. The Morgan fingerprint density at radius 2 is 1.85 bits per heavy atom. The molecule has 2 nitrogen and oxygen atoms in total. The summed E-state index contributed by atoms with van der Waals surface area (Å²) in [6.07, 6.45) is 7.22. The predicted octanol–water partition coefficient (Wildman–Crippen LogP) is 1.47. The Balaban J connectivity index is 1.63. The Morgan fingerprint density at radius 1 is 1.15 bits per heavy atom. The Kier molecular flexibility index (Phi) is 3.23. The lowest BCUT2D eigenvalue weighted by Crippen LogP contribution is -2.35. The highest BCUT2D eigenvalue weighted by Crippen LogP contribution is 2.31. The van der Waals surface area contributed by atoms with Crippen LogP contribution in [0.1, 0.15) is 32.1 Å². The van der Waals surface area contributed by atoms with E-state index < -0.39 is 0 Å². The van der Waals surface area contributed by atoms with Gasteiger partial charge in [-0.1, -0.05) is 0 Å². The van der Waals surface area contributed by atoms with Crippen LogP contribution in [-0.2, 0) is 0 Å². The molecule has 0 unspecified atom stereocenters. The quantitative estimate of drug-likeness (QED) is 0.708. The second kappa shape index (κ2) is 4.43. The van der Waals surface area contributed by atoms with Crippen molar-refractivity contribution in [2.24, 2.45) is 5.92 Å². The van der Waals surface area contributed by atoms with Gasteiger partial charge in [0.2, 0.25) is 0 Å². The van der Waals surface area contributed by atoms with Gasteiger partial charge in [0, 0.05) is 6.04 Å². The SMILES string of the molecule is CNCCC1CCN(C2CC2)CC1. The summed E-state index contributed by atoms with van der Waals surface area (Å²) in [6, 6.07) is 0.991. The normalized spacial score (nSPS) is 26.5. The van der Waals surface area contributed by atoms with E-state index >= 15 is 0 Å². The van der Waals surface area contributed by atoms with Gasteiger partial charge in [-0.2, -0.15) is 0 Å². The zero-order valence-electron chi connectivity index (χ0n) is 8.76. The molecule has 1 aliphatic carbocycles. The molecule has 76 valence electrons. The Bertz CT molecular complexity index is 146. The van der Waals surface area contributed by atoms with Crippen LogP contribution in [0.5, 0.6) is 0 Å². The average Bonchev–Trinajstić information content (AvgIpc) is 2.99. The summed E-state index contributed by atoms with van der Waals surface area (Å²) in [4.78, 5) is 2.70. The molecule has 0 amide bonds. The van der Waals surface area contributed by atoms with Crippen molar-refractivity contribution in [3.63, 3.8) is 0 Å². The van der Waals surface area contributed by atoms with Crippen LogP contribution in [0, 0.1) is 5.92 Å². The van der Waals surface area contributed by atoms with Crippen molar-refractivity contribution in [3.8, 4) is 0 Å². The maximum Gasteiger partial charge on any atom is 0.00964 e. The van der Waals surface area contributed by atoms with Crippen LogP contribution < -0.4 is 5.32 Å². The lowest BCUT2D eigenvalue weighted by molar-refractivity contribution is 0.171. The van der Waals surface area contributed by atoms with Gasteiger partial charge in [-0.15, -0.1) is 0 Å². The number of hydrogen-bond acceptors (Lipinski definition) is 2. The fourth-order valence-corrected chi connectivity index (χ4v) is 2.39. The van der Waals surface area contributed by atoms with Gasteiger partial charge < -0.3 is 10.2 Å². The molecule has 1 N–H and O–H groups in total. The zero-order chi connectivity index (χ0) is 9.10. The lowest BCUT2D eigenvalue weighted by atomic mass is 9.93. The Morgan fingerprint density at radius 3 is 2.38 bits per heavy atom. The molecule has 0 aromatic heterocycles. The largest absolute Gasteiger partial charge is 0.320 e. The molecule has 2 rings (SSSR count). The van der Waals surface area contributed by atoms with E-state index in [0.29, 0.717) is 0 Å². The maximum absolute atomic E-state index is 3.25. The molecule has 0 bridgehead atoms. The van der Waals surface area contributed by atoms with E-state index in [1.54, 1.807) is 0 Å². The third-order valence-corrected chi connectivity index (χ3v) is 3.51. The minimum atomic E-state index is 0.991. The summed E-state index contributed by atoms with van der Waals surface area (Å²) in [7, 11) is 2.05. The van der Waals surface area contributed by atoms with E-state index in [2.05, 4.69) is 17.3 Å². The standard InChI is InChI=1S/C11H22N2/c1-12-7-4-10-5-8-13(9-6-10)11-2-3-11/h10-12H,2-9H2,1H3. The predicted molar refractivity (Wildman–Crippen MR) is 55.9 cm³/mol. The van der Waals surface area contributed by atoms with Crippen LogP contribution in [0.2, 0.25) is 0 Å². The molecule has 0 spiro atoms. The second-order valence-electron chi connectivity index (χ2n) is 4.60. The third kappa shape index (κ3) is 2.68. The number of hydrogen-bond donors (Lipinski definition) is 1. The fraction of sp³-hybridized carbons (Fsp3) is 1.00. The first-order chi connectivity index (χ1) is 6.40. The van der Waals surface area contributed by atoms with Crippen LogP contribution in [0.25, 0.3) is 0 Å². The molecule has 0 aromatic rings. The first kappa shape index (κ1) is 9.47. The molecule has 1 saturated carbocycles. The van der Waals surface area contributed by atoms with Gasteiger partial charge in [0.15, 0.2) is 0 Å². The monoisotopic (exact) mass is 182 g/mol. The minimum Gasteiger partial charge on any atom is -0.320 e. The number of nitrogens with zero attached hydrogens (tertiary/aromatic N) is 1. The molecular weight excluding hydrogens is 160 g/mol. The number of likely N-dealkylation sites (tertiary alicyclic amines) is 1. The molecule has 0 radical (unpaired) electrons. The van der Waals surface area contributed by atoms with Crippen LogP contribution in [0.3, 0.4) is 0 Å². The van der Waals surface area contributed by atoms with Gasteiger partial charge >= 0.3 is 0 Å². The summed E-state index contributed by atoms with van der Waals surface area (Å²) in [5, 5.41) is 3.25. The topological polar surface area (TPSA) is 15.3 Å². The molecule has 2 heteroatoms. The van der Waals surface area contributed by atoms with Gasteiger partial charge in [-0.05, 0) is 64.7 Å². The maximum atomic E-state index is 3.25. The van der Waals surface area contributed by atoms with Crippen molar-refractivity contribution in [2.45, 2.75) is 38.1 Å². The van der Waals surface area contributed by atoms with E-state index in [0.717, 1.165) is 12.0 Å². The van der Waals surface area contributed by atoms with Gasteiger partial charge in [-0.25, -0.2) is 0 Å². The fourth-order valence-electron chi connectivity index (χ4n) is 2.39. The van der Waals surface area contributed by atoms with Crippen LogP contribution in [-0.4, -0.2) is 37.6 Å². The summed E-state index contributed by atoms with van der Waals surface area (Å²) in [5.41, 5.74) is 0. The van der Waals surface area contributed by atoms with Gasteiger partial charge in [0.25, 0.3) is 0 Å². The lowest BCUT2D eigenvalue weighted by Gasteiger charge is -2.31. The van der Waals surface area contributed by atoms with Crippen LogP contribution in [0.4, 0.5) is 0 Å². The molecule has 1 heterocycles. The second-order valence-corrected chi connectivity index (χ2v) is 4.60. The first-order valence-electron chi connectivity index (χ1n) is 5.79. The third-order valence-electron chi connectivity index (χ3n) is 3.51. The molecule has 2 fully saturated rings. The van der Waals surface area contributed by atoms with Crippen LogP contribution in [0.15, 0.2) is 0 Å². The molecular formula is C11H22N2. The van der Waals surface area contributed by atoms with E-state index in [-0.39, 0.29) is 0 Å². The van der Waals surface area contributed by atoms with E-state index in [1.807, 2.05) is 0 Å². The summed E-state index contributed by atoms with van der Waals surface area (Å²) >= 11 is 0. The first-order valence-corrected chi connectivity index (χ1v) is 5.79. The zero-order valence-corrected chi connectivity index (χ0v) is 8.76. The number of nitrogens with one attached hydrogen (secondary N) is 1. The van der Waals surface area contributed by atoms with Crippen molar-refractivity contribution in [1.82, 2.24) is 10.2 Å². The van der Waals surface area contributed by atoms with E-state index in [1.165, 1.54) is 51.7 Å². The van der Waals surface area contributed by atoms with Crippen molar-refractivity contribution in [2.75, 3.05) is 26.7 Å². The highest BCUT2D eigenvalue weighted by Gasteiger charge is 2.31. The van der Waals surface area contributed by atoms with E-state index in [4.69, 9.17) is 0 Å². The van der Waals surface area contributed by atoms with Crippen molar-refractivity contribution in [3.05, 3.63) is 0 Å². The van der Waals surface area contributed by atoms with Crippen molar-refractivity contribution < 1.29 is 0 Å². The van der Waals surface area contributed by atoms with Gasteiger partial charge in [-0.3, -0.25) is 0 Å². The molecule has 0 atom stereocenters. The Hall–Kier alpha value is -0.0800. The summed E-state index contributed by atoms with van der Waals surface area (Å²) in [6.45, 7) is 3.95. The smallest absolute Gasteiger partial charge is 0.00964 e. The Labute approximate surface area is 81.7 Å². The highest BCUT2D eigenvalue weighted by atomic mass is 15.2. The van der Waals surface area contributed by atoms with Crippen molar-refractivity contribution >= 4 is 0 Å². The summed E-state index contributed by atoms with van der Waals surface area (Å²) < 4.78 is 0. The van der Waals surface area contributed by atoms with Gasteiger partial charge in [0.1, 0.15) is 0 Å². The van der Waals surface area contributed by atoms with Crippen LogP contribution >= 0.6 is 0 Å². The molecule has 13 heavy (non-hydrogen) atoms. The molecule has 1 aliphatic heterocycles. The minimum absolute atomic E-state index is 0.991. The molecule has 2 aliphatic rings. The van der Waals surface area contributed by atoms with Gasteiger partial charge in [0.05, 0.1) is 0 Å². The average molecular weight is 182 g/mol. The summed E-state index contributed by atoms with van der Waals surface area (Å²) in [5.74, 6) is 1.00. The molecule has 0 aromatic carbocycles. The van der Waals surface area contributed by atoms with E-state index in [9.17, 15) is 0 Å². The van der Waals surface area contributed by atoms with Crippen molar-refractivity contribution in [1.29, 1.82) is 0 Å². The molecule has 1 saturated heterocycles.